The molecule has 0 spiro atoms. The van der Waals surface area contributed by atoms with Crippen molar-refractivity contribution >= 4 is 17.2 Å². The number of hydrogen-bond acceptors (Lipinski definition) is 4. The predicted molar refractivity (Wildman–Crippen MR) is 101 cm³/mol. The van der Waals surface area contributed by atoms with Crippen LogP contribution in [0.15, 0.2) is 48.8 Å². The zero-order valence-electron chi connectivity index (χ0n) is 14.4. The van der Waals surface area contributed by atoms with Crippen molar-refractivity contribution in [3.8, 4) is 17.0 Å². The van der Waals surface area contributed by atoms with Gasteiger partial charge in [0, 0.05) is 25.0 Å². The lowest BCUT2D eigenvalue weighted by Gasteiger charge is -2.22. The van der Waals surface area contributed by atoms with Crippen LogP contribution in [-0.2, 0) is 9.47 Å². The number of halogens is 1. The molecule has 0 amide bonds. The monoisotopic (exact) mass is 372 g/mol. The van der Waals surface area contributed by atoms with Crippen LogP contribution in [0.25, 0.3) is 16.9 Å². The molecule has 0 unspecified atom stereocenters. The number of nitrogens with zero attached hydrogens (tertiary/aromatic N) is 2. The highest BCUT2D eigenvalue weighted by atomic mass is 35.5. The fourth-order valence-corrected chi connectivity index (χ4v) is 3.27. The molecule has 6 heteroatoms. The molecule has 0 aliphatic carbocycles. The van der Waals surface area contributed by atoms with Crippen molar-refractivity contribution < 1.29 is 14.2 Å². The average molecular weight is 373 g/mol. The minimum atomic E-state index is 0.302. The van der Waals surface area contributed by atoms with E-state index in [0.717, 1.165) is 48.7 Å². The third-order valence-corrected chi connectivity index (χ3v) is 4.72. The van der Waals surface area contributed by atoms with Crippen LogP contribution in [0.4, 0.5) is 0 Å². The Hall–Kier alpha value is -2.08. The molecule has 2 aromatic heterocycles. The molecule has 1 aliphatic rings. The van der Waals surface area contributed by atoms with E-state index in [4.69, 9.17) is 25.8 Å². The van der Waals surface area contributed by atoms with E-state index < -0.39 is 0 Å². The van der Waals surface area contributed by atoms with Crippen LogP contribution < -0.4 is 4.74 Å². The van der Waals surface area contributed by atoms with Crippen molar-refractivity contribution in [3.05, 3.63) is 53.8 Å². The first-order chi connectivity index (χ1) is 12.8. The molecular formula is C20H21ClN2O3. The number of fused-ring (bicyclic) bond motifs is 1. The Bertz CT molecular complexity index is 857. The maximum absolute atomic E-state index is 6.10. The first-order valence-corrected chi connectivity index (χ1v) is 9.22. The SMILES string of the molecule is Clc1ccc2ncc(-c3ccc(OCCOC4CCOCC4)cc3)n2c1. The van der Waals surface area contributed by atoms with Crippen molar-refractivity contribution in [3.63, 3.8) is 0 Å². The highest BCUT2D eigenvalue weighted by molar-refractivity contribution is 6.30. The van der Waals surface area contributed by atoms with Gasteiger partial charge in [-0.15, -0.1) is 0 Å². The fraction of sp³-hybridized carbons (Fsp3) is 0.350. The topological polar surface area (TPSA) is 45.0 Å². The second-order valence-electron chi connectivity index (χ2n) is 6.27. The van der Waals surface area contributed by atoms with Crippen LogP contribution in [0.3, 0.4) is 0 Å². The summed E-state index contributed by atoms with van der Waals surface area (Å²) in [5.41, 5.74) is 2.93. The summed E-state index contributed by atoms with van der Waals surface area (Å²) in [7, 11) is 0. The summed E-state index contributed by atoms with van der Waals surface area (Å²) in [6, 6.07) is 11.7. The molecule has 1 saturated heterocycles. The van der Waals surface area contributed by atoms with Crippen LogP contribution in [0.2, 0.25) is 5.02 Å². The lowest BCUT2D eigenvalue weighted by molar-refractivity contribution is -0.0388. The molecule has 3 heterocycles. The van der Waals surface area contributed by atoms with Gasteiger partial charge in [-0.2, -0.15) is 0 Å². The van der Waals surface area contributed by atoms with Crippen molar-refractivity contribution in [2.75, 3.05) is 26.4 Å². The summed E-state index contributed by atoms with van der Waals surface area (Å²) in [5.74, 6) is 0.830. The van der Waals surface area contributed by atoms with E-state index in [-0.39, 0.29) is 0 Å². The molecule has 1 aromatic carbocycles. The number of benzene rings is 1. The van der Waals surface area contributed by atoms with Gasteiger partial charge in [0.25, 0.3) is 0 Å². The van der Waals surface area contributed by atoms with Gasteiger partial charge < -0.3 is 14.2 Å². The smallest absolute Gasteiger partial charge is 0.137 e. The summed E-state index contributed by atoms with van der Waals surface area (Å²) in [6.07, 6.45) is 5.97. The number of hydrogen-bond donors (Lipinski definition) is 0. The van der Waals surface area contributed by atoms with Gasteiger partial charge in [0.2, 0.25) is 0 Å². The van der Waals surface area contributed by atoms with Gasteiger partial charge in [-0.05, 0) is 49.2 Å². The normalized spacial score (nSPS) is 15.4. The number of aromatic nitrogens is 2. The van der Waals surface area contributed by atoms with Gasteiger partial charge in [-0.1, -0.05) is 11.6 Å². The molecule has 0 N–H and O–H groups in total. The van der Waals surface area contributed by atoms with Gasteiger partial charge in [0.15, 0.2) is 0 Å². The third-order valence-electron chi connectivity index (χ3n) is 4.49. The van der Waals surface area contributed by atoms with E-state index in [1.54, 1.807) is 0 Å². The van der Waals surface area contributed by atoms with Crippen molar-refractivity contribution in [1.29, 1.82) is 0 Å². The fourth-order valence-electron chi connectivity index (χ4n) is 3.11. The van der Waals surface area contributed by atoms with Crippen molar-refractivity contribution in [2.24, 2.45) is 0 Å². The Morgan fingerprint density at radius 2 is 1.88 bits per heavy atom. The second-order valence-corrected chi connectivity index (χ2v) is 6.71. The Kier molecular flexibility index (Phi) is 5.39. The highest BCUT2D eigenvalue weighted by Gasteiger charge is 2.13. The van der Waals surface area contributed by atoms with Gasteiger partial charge in [0.1, 0.15) is 18.0 Å². The van der Waals surface area contributed by atoms with E-state index in [0.29, 0.717) is 24.3 Å². The van der Waals surface area contributed by atoms with E-state index in [1.165, 1.54) is 0 Å². The second kappa shape index (κ2) is 8.08. The first kappa shape index (κ1) is 17.3. The maximum atomic E-state index is 6.10. The number of pyridine rings is 1. The molecule has 3 aromatic rings. The molecule has 0 radical (unpaired) electrons. The molecule has 26 heavy (non-hydrogen) atoms. The summed E-state index contributed by atoms with van der Waals surface area (Å²) < 4.78 is 18.9. The van der Waals surface area contributed by atoms with Gasteiger partial charge in [-0.3, -0.25) is 4.40 Å². The Morgan fingerprint density at radius 1 is 1.08 bits per heavy atom. The standard InChI is InChI=1S/C20H21ClN2O3/c21-16-3-6-20-22-13-19(23(20)14-16)15-1-4-17(5-2-15)25-11-12-26-18-7-9-24-10-8-18/h1-6,13-14,18H,7-12H2. The van der Waals surface area contributed by atoms with Crippen LogP contribution >= 0.6 is 11.6 Å². The van der Waals surface area contributed by atoms with Crippen molar-refractivity contribution in [2.45, 2.75) is 18.9 Å². The van der Waals surface area contributed by atoms with E-state index in [9.17, 15) is 0 Å². The Labute approximate surface area is 157 Å². The maximum Gasteiger partial charge on any atom is 0.137 e. The van der Waals surface area contributed by atoms with Gasteiger partial charge in [-0.25, -0.2) is 4.98 Å². The largest absolute Gasteiger partial charge is 0.491 e. The van der Waals surface area contributed by atoms with E-state index in [1.807, 2.05) is 53.2 Å². The molecule has 5 nitrogen and oxygen atoms in total. The molecule has 4 rings (SSSR count). The molecule has 136 valence electrons. The zero-order valence-corrected chi connectivity index (χ0v) is 15.2. The molecule has 1 aliphatic heterocycles. The van der Waals surface area contributed by atoms with Crippen LogP contribution in [0.1, 0.15) is 12.8 Å². The average Bonchev–Trinajstić information content (AvgIpc) is 3.09. The summed E-state index contributed by atoms with van der Waals surface area (Å²) in [5, 5.41) is 0.682. The lowest BCUT2D eigenvalue weighted by Crippen LogP contribution is -2.25. The highest BCUT2D eigenvalue weighted by Crippen LogP contribution is 2.24. The summed E-state index contributed by atoms with van der Waals surface area (Å²) >= 11 is 6.10. The van der Waals surface area contributed by atoms with Crippen LogP contribution in [0, 0.1) is 0 Å². The third kappa shape index (κ3) is 4.01. The predicted octanol–water partition coefficient (Wildman–Crippen LogP) is 4.23. The Balaban J connectivity index is 1.35. The van der Waals surface area contributed by atoms with Crippen LogP contribution in [0.5, 0.6) is 5.75 Å². The van der Waals surface area contributed by atoms with Crippen molar-refractivity contribution in [1.82, 2.24) is 9.38 Å². The van der Waals surface area contributed by atoms with Gasteiger partial charge in [0.05, 0.1) is 29.6 Å². The zero-order chi connectivity index (χ0) is 17.8. The molecule has 0 atom stereocenters. The number of ether oxygens (including phenoxy) is 3. The molecule has 0 saturated carbocycles. The first-order valence-electron chi connectivity index (χ1n) is 8.85. The minimum Gasteiger partial charge on any atom is -0.491 e. The summed E-state index contributed by atoms with van der Waals surface area (Å²) in [6.45, 7) is 2.73. The quantitative estimate of drug-likeness (QED) is 0.607. The number of rotatable bonds is 6. The number of imidazole rings is 1. The minimum absolute atomic E-state index is 0.302. The van der Waals surface area contributed by atoms with E-state index in [2.05, 4.69) is 4.98 Å². The summed E-state index contributed by atoms with van der Waals surface area (Å²) in [4.78, 5) is 4.41. The lowest BCUT2D eigenvalue weighted by atomic mass is 10.1. The Morgan fingerprint density at radius 3 is 2.69 bits per heavy atom. The van der Waals surface area contributed by atoms with Crippen LogP contribution in [-0.4, -0.2) is 41.9 Å². The molecule has 0 bridgehead atoms. The molecule has 1 fully saturated rings. The molecular weight excluding hydrogens is 352 g/mol. The van der Waals surface area contributed by atoms with Gasteiger partial charge >= 0.3 is 0 Å². The van der Waals surface area contributed by atoms with E-state index >= 15 is 0 Å².